The molecule has 28 heavy (non-hydrogen) atoms. The molecular weight excluding hydrogens is 350 g/mol. The van der Waals surface area contributed by atoms with Crippen molar-refractivity contribution in [2.75, 3.05) is 31.5 Å². The van der Waals surface area contributed by atoms with E-state index in [9.17, 15) is 9.59 Å². The Labute approximate surface area is 168 Å². The van der Waals surface area contributed by atoms with Crippen LogP contribution in [0, 0.1) is 5.92 Å². The standard InChI is InChI=1S/C23H31N3O2/c1-4-26(15-14-19-10-6-5-7-11-19)17-22(27)25-21-13-9-8-12-20(21)23(28)24-16-18(2)3/h5-13,18H,4,14-17H2,1-3H3,(H,24,28)(H,25,27). The molecule has 0 spiro atoms. The van der Waals surface area contributed by atoms with Crippen LogP contribution in [0.1, 0.15) is 36.7 Å². The zero-order valence-electron chi connectivity index (χ0n) is 17.1. The second-order valence-electron chi connectivity index (χ2n) is 7.30. The van der Waals surface area contributed by atoms with Crippen molar-refractivity contribution >= 4 is 17.5 Å². The minimum absolute atomic E-state index is 0.112. The van der Waals surface area contributed by atoms with Gasteiger partial charge in [0, 0.05) is 13.1 Å². The molecule has 0 heterocycles. The molecule has 0 saturated carbocycles. The van der Waals surface area contributed by atoms with Crippen molar-refractivity contribution in [1.29, 1.82) is 0 Å². The number of rotatable bonds is 10. The summed E-state index contributed by atoms with van der Waals surface area (Å²) in [5.74, 6) is 0.0912. The monoisotopic (exact) mass is 381 g/mol. The number of carbonyl (C=O) groups excluding carboxylic acids is 2. The molecular formula is C23H31N3O2. The molecule has 2 aromatic rings. The highest BCUT2D eigenvalue weighted by Crippen LogP contribution is 2.15. The summed E-state index contributed by atoms with van der Waals surface area (Å²) < 4.78 is 0. The van der Waals surface area contributed by atoms with Gasteiger partial charge < -0.3 is 10.6 Å². The Hall–Kier alpha value is -2.66. The Morgan fingerprint density at radius 2 is 1.68 bits per heavy atom. The van der Waals surface area contributed by atoms with Crippen LogP contribution < -0.4 is 10.6 Å². The molecule has 0 aliphatic heterocycles. The fourth-order valence-electron chi connectivity index (χ4n) is 2.86. The first-order valence-corrected chi connectivity index (χ1v) is 9.93. The normalized spacial score (nSPS) is 10.9. The number of hydrogen-bond acceptors (Lipinski definition) is 3. The van der Waals surface area contributed by atoms with Crippen molar-refractivity contribution in [3.63, 3.8) is 0 Å². The molecule has 0 bridgehead atoms. The second kappa shape index (κ2) is 11.2. The van der Waals surface area contributed by atoms with E-state index in [1.807, 2.05) is 45.0 Å². The molecule has 5 heteroatoms. The maximum atomic E-state index is 12.5. The van der Waals surface area contributed by atoms with E-state index < -0.39 is 0 Å². The van der Waals surface area contributed by atoms with Crippen LogP contribution in [0.15, 0.2) is 54.6 Å². The van der Waals surface area contributed by atoms with Gasteiger partial charge in [-0.3, -0.25) is 14.5 Å². The summed E-state index contributed by atoms with van der Waals surface area (Å²) in [6.07, 6.45) is 0.899. The Kier molecular flexibility index (Phi) is 8.69. The van der Waals surface area contributed by atoms with Crippen molar-refractivity contribution in [1.82, 2.24) is 10.2 Å². The predicted octanol–water partition coefficient (Wildman–Crippen LogP) is 3.58. The first kappa shape index (κ1) is 21.6. The molecule has 2 N–H and O–H groups in total. The Balaban J connectivity index is 1.93. The van der Waals surface area contributed by atoms with Crippen LogP contribution in [0.4, 0.5) is 5.69 Å². The third-order valence-electron chi connectivity index (χ3n) is 4.49. The molecule has 0 aromatic heterocycles. The molecule has 0 aliphatic rings. The average Bonchev–Trinajstić information content (AvgIpc) is 2.70. The number of amides is 2. The van der Waals surface area contributed by atoms with Crippen molar-refractivity contribution in [3.05, 3.63) is 65.7 Å². The highest BCUT2D eigenvalue weighted by Gasteiger charge is 2.15. The maximum absolute atomic E-state index is 12.5. The fourth-order valence-corrected chi connectivity index (χ4v) is 2.86. The zero-order valence-corrected chi connectivity index (χ0v) is 17.1. The van der Waals surface area contributed by atoms with Crippen LogP contribution in [0.2, 0.25) is 0 Å². The number of para-hydroxylation sites is 1. The first-order chi connectivity index (χ1) is 13.5. The molecule has 0 radical (unpaired) electrons. The predicted molar refractivity (Wildman–Crippen MR) is 115 cm³/mol. The zero-order chi connectivity index (χ0) is 20.4. The van der Waals surface area contributed by atoms with Crippen molar-refractivity contribution in [3.8, 4) is 0 Å². The highest BCUT2D eigenvalue weighted by atomic mass is 16.2. The van der Waals surface area contributed by atoms with Crippen LogP contribution in [-0.4, -0.2) is 42.9 Å². The summed E-state index contributed by atoms with van der Waals surface area (Å²) in [6, 6.07) is 17.4. The molecule has 0 saturated heterocycles. The summed E-state index contributed by atoms with van der Waals surface area (Å²) in [5.41, 5.74) is 2.30. The van der Waals surface area contributed by atoms with Crippen LogP contribution in [-0.2, 0) is 11.2 Å². The largest absolute Gasteiger partial charge is 0.352 e. The average molecular weight is 382 g/mol. The van der Waals surface area contributed by atoms with Crippen molar-refractivity contribution < 1.29 is 9.59 Å². The van der Waals surface area contributed by atoms with Gasteiger partial charge in [-0.2, -0.15) is 0 Å². The summed E-state index contributed by atoms with van der Waals surface area (Å²) in [7, 11) is 0. The number of anilines is 1. The second-order valence-corrected chi connectivity index (χ2v) is 7.30. The number of nitrogens with zero attached hydrogens (tertiary/aromatic N) is 1. The number of carbonyl (C=O) groups is 2. The maximum Gasteiger partial charge on any atom is 0.253 e. The lowest BCUT2D eigenvalue weighted by Crippen LogP contribution is -2.35. The third kappa shape index (κ3) is 7.16. The minimum Gasteiger partial charge on any atom is -0.352 e. The van der Waals surface area contributed by atoms with Gasteiger partial charge >= 0.3 is 0 Å². The molecule has 0 atom stereocenters. The molecule has 0 fully saturated rings. The molecule has 2 aromatic carbocycles. The van der Waals surface area contributed by atoms with E-state index in [1.165, 1.54) is 5.56 Å². The molecule has 2 rings (SSSR count). The van der Waals surface area contributed by atoms with Crippen molar-refractivity contribution in [2.24, 2.45) is 5.92 Å². The van der Waals surface area contributed by atoms with Gasteiger partial charge in [0.2, 0.25) is 5.91 Å². The summed E-state index contributed by atoms with van der Waals surface area (Å²) in [5, 5.41) is 5.80. The molecule has 150 valence electrons. The Bertz CT molecular complexity index is 759. The van der Waals surface area contributed by atoms with E-state index in [1.54, 1.807) is 18.2 Å². The van der Waals surface area contributed by atoms with Gasteiger partial charge in [-0.05, 0) is 36.6 Å². The molecule has 2 amide bonds. The lowest BCUT2D eigenvalue weighted by Gasteiger charge is -2.20. The fraction of sp³-hybridized carbons (Fsp3) is 0.391. The van der Waals surface area contributed by atoms with Crippen LogP contribution >= 0.6 is 0 Å². The van der Waals surface area contributed by atoms with Gasteiger partial charge in [0.15, 0.2) is 0 Å². The third-order valence-corrected chi connectivity index (χ3v) is 4.49. The smallest absolute Gasteiger partial charge is 0.253 e. The van der Waals surface area contributed by atoms with Crippen LogP contribution in [0.3, 0.4) is 0 Å². The topological polar surface area (TPSA) is 61.4 Å². The minimum atomic E-state index is -0.166. The van der Waals surface area contributed by atoms with Crippen LogP contribution in [0.5, 0.6) is 0 Å². The summed E-state index contributed by atoms with van der Waals surface area (Å²) in [6.45, 7) is 8.63. The van der Waals surface area contributed by atoms with Crippen LogP contribution in [0.25, 0.3) is 0 Å². The van der Waals surface area contributed by atoms with E-state index in [0.29, 0.717) is 30.3 Å². The Morgan fingerprint density at radius 3 is 2.36 bits per heavy atom. The SMILES string of the molecule is CCN(CCc1ccccc1)CC(=O)Nc1ccccc1C(=O)NCC(C)C. The van der Waals surface area contributed by atoms with E-state index in [0.717, 1.165) is 19.5 Å². The van der Waals surface area contributed by atoms with Gasteiger partial charge in [0.05, 0.1) is 17.8 Å². The van der Waals surface area contributed by atoms with Gasteiger partial charge in [0.1, 0.15) is 0 Å². The Morgan fingerprint density at radius 1 is 1.00 bits per heavy atom. The van der Waals surface area contributed by atoms with Gasteiger partial charge in [-0.15, -0.1) is 0 Å². The van der Waals surface area contributed by atoms with Gasteiger partial charge in [0.25, 0.3) is 5.91 Å². The van der Waals surface area contributed by atoms with E-state index in [4.69, 9.17) is 0 Å². The van der Waals surface area contributed by atoms with Crippen molar-refractivity contribution in [2.45, 2.75) is 27.2 Å². The quantitative estimate of drug-likeness (QED) is 0.661. The number of benzene rings is 2. The van der Waals surface area contributed by atoms with E-state index >= 15 is 0 Å². The van der Waals surface area contributed by atoms with E-state index in [-0.39, 0.29) is 11.8 Å². The van der Waals surface area contributed by atoms with E-state index in [2.05, 4.69) is 27.7 Å². The lowest BCUT2D eigenvalue weighted by atomic mass is 10.1. The lowest BCUT2D eigenvalue weighted by molar-refractivity contribution is -0.117. The number of nitrogens with one attached hydrogen (secondary N) is 2. The molecule has 0 unspecified atom stereocenters. The molecule has 5 nitrogen and oxygen atoms in total. The number of hydrogen-bond donors (Lipinski definition) is 2. The van der Waals surface area contributed by atoms with Gasteiger partial charge in [-0.1, -0.05) is 63.2 Å². The molecule has 0 aliphatic carbocycles. The van der Waals surface area contributed by atoms with Gasteiger partial charge in [-0.25, -0.2) is 0 Å². The number of likely N-dealkylation sites (N-methyl/N-ethyl adjacent to an activating group) is 1. The highest BCUT2D eigenvalue weighted by molar-refractivity contribution is 6.04. The summed E-state index contributed by atoms with van der Waals surface area (Å²) >= 11 is 0. The summed E-state index contributed by atoms with van der Waals surface area (Å²) in [4.78, 5) is 27.1. The first-order valence-electron chi connectivity index (χ1n) is 9.93.